The number of H-pyrrole nitrogens is 1. The quantitative estimate of drug-likeness (QED) is 0.766. The van der Waals surface area contributed by atoms with Gasteiger partial charge in [0, 0.05) is 13.1 Å². The fraction of sp³-hybridized carbons (Fsp3) is 0.364. The molecule has 0 radical (unpaired) electrons. The van der Waals surface area contributed by atoms with Gasteiger partial charge in [-0.2, -0.15) is 0 Å². The molecule has 1 aliphatic heterocycles. The Kier molecular flexibility index (Phi) is 2.46. The SMILES string of the molecule is Cc1c(C(=O)N2CC(O)C2)sc2nc[nH]c(=O)c12. The molecule has 1 aliphatic rings. The predicted octanol–water partition coefficient (Wildman–Crippen LogP) is 0.110. The van der Waals surface area contributed by atoms with Crippen LogP contribution in [0.2, 0.25) is 0 Å². The van der Waals surface area contributed by atoms with Gasteiger partial charge in [0.15, 0.2) is 0 Å². The number of carbonyl (C=O) groups is 1. The summed E-state index contributed by atoms with van der Waals surface area (Å²) in [5.74, 6) is -0.139. The van der Waals surface area contributed by atoms with Crippen LogP contribution in [0.5, 0.6) is 0 Å². The molecule has 2 aromatic heterocycles. The highest BCUT2D eigenvalue weighted by atomic mass is 32.1. The smallest absolute Gasteiger partial charge is 0.264 e. The number of aryl methyl sites for hydroxylation is 1. The van der Waals surface area contributed by atoms with Crippen LogP contribution in [-0.4, -0.2) is 45.1 Å². The summed E-state index contributed by atoms with van der Waals surface area (Å²) in [7, 11) is 0. The Hall–Kier alpha value is -1.73. The number of aliphatic hydroxyl groups is 1. The summed E-state index contributed by atoms with van der Waals surface area (Å²) in [6.45, 7) is 2.46. The molecule has 0 unspecified atom stereocenters. The Balaban J connectivity index is 2.08. The molecule has 0 saturated carbocycles. The zero-order chi connectivity index (χ0) is 12.9. The second-order valence-electron chi connectivity index (χ2n) is 4.33. The average Bonchev–Trinajstić information content (AvgIpc) is 2.63. The first-order chi connectivity index (χ1) is 8.58. The summed E-state index contributed by atoms with van der Waals surface area (Å²) >= 11 is 1.22. The lowest BCUT2D eigenvalue weighted by Gasteiger charge is -2.35. The maximum absolute atomic E-state index is 12.2. The molecule has 0 spiro atoms. The lowest BCUT2D eigenvalue weighted by atomic mass is 10.1. The van der Waals surface area contributed by atoms with Crippen molar-refractivity contribution in [3.63, 3.8) is 0 Å². The number of thiophene rings is 1. The van der Waals surface area contributed by atoms with Gasteiger partial charge in [0.05, 0.1) is 22.7 Å². The number of hydrogen-bond acceptors (Lipinski definition) is 5. The van der Waals surface area contributed by atoms with Crippen LogP contribution in [0.15, 0.2) is 11.1 Å². The van der Waals surface area contributed by atoms with E-state index in [-0.39, 0.29) is 11.5 Å². The summed E-state index contributed by atoms with van der Waals surface area (Å²) in [6, 6.07) is 0. The molecule has 1 amide bonds. The molecular weight excluding hydrogens is 254 g/mol. The molecule has 3 rings (SSSR count). The lowest BCUT2D eigenvalue weighted by Crippen LogP contribution is -2.53. The zero-order valence-corrected chi connectivity index (χ0v) is 10.5. The van der Waals surface area contributed by atoms with Crippen molar-refractivity contribution in [1.29, 1.82) is 0 Å². The number of hydrogen-bond donors (Lipinski definition) is 2. The van der Waals surface area contributed by atoms with Gasteiger partial charge < -0.3 is 15.0 Å². The molecule has 2 N–H and O–H groups in total. The summed E-state index contributed by atoms with van der Waals surface area (Å²) in [4.78, 5) is 33.1. The van der Waals surface area contributed by atoms with Gasteiger partial charge in [0.25, 0.3) is 11.5 Å². The maximum atomic E-state index is 12.2. The van der Waals surface area contributed by atoms with E-state index >= 15 is 0 Å². The first-order valence-electron chi connectivity index (χ1n) is 5.52. The minimum Gasteiger partial charge on any atom is -0.389 e. The van der Waals surface area contributed by atoms with Gasteiger partial charge in [-0.3, -0.25) is 9.59 Å². The molecule has 1 fully saturated rings. The average molecular weight is 265 g/mol. The van der Waals surface area contributed by atoms with E-state index < -0.39 is 6.10 Å². The van der Waals surface area contributed by atoms with Gasteiger partial charge in [0.2, 0.25) is 0 Å². The molecule has 0 aliphatic carbocycles. The molecule has 0 aromatic carbocycles. The fourth-order valence-corrected chi connectivity index (χ4v) is 3.17. The highest BCUT2D eigenvalue weighted by Gasteiger charge is 2.31. The fourth-order valence-electron chi connectivity index (χ4n) is 2.05. The Morgan fingerprint density at radius 2 is 2.33 bits per heavy atom. The van der Waals surface area contributed by atoms with E-state index in [1.165, 1.54) is 17.7 Å². The van der Waals surface area contributed by atoms with Gasteiger partial charge in [0.1, 0.15) is 4.83 Å². The molecule has 0 atom stereocenters. The Morgan fingerprint density at radius 1 is 1.61 bits per heavy atom. The molecular formula is C11H11N3O3S. The van der Waals surface area contributed by atoms with Crippen LogP contribution in [-0.2, 0) is 0 Å². The Bertz CT molecular complexity index is 684. The molecule has 7 heteroatoms. The highest BCUT2D eigenvalue weighted by Crippen LogP contribution is 2.28. The van der Waals surface area contributed by atoms with E-state index in [2.05, 4.69) is 9.97 Å². The van der Waals surface area contributed by atoms with Crippen molar-refractivity contribution in [3.05, 3.63) is 27.1 Å². The van der Waals surface area contributed by atoms with Crippen LogP contribution in [0.4, 0.5) is 0 Å². The van der Waals surface area contributed by atoms with Crippen molar-refractivity contribution in [1.82, 2.24) is 14.9 Å². The topological polar surface area (TPSA) is 86.3 Å². The number of β-amino-alcohol motifs (C(OH)–C–C–N with tert-alkyl or cyclic N) is 1. The number of likely N-dealkylation sites (tertiary alicyclic amines) is 1. The summed E-state index contributed by atoms with van der Waals surface area (Å²) in [5.41, 5.74) is 0.437. The van der Waals surface area contributed by atoms with Crippen molar-refractivity contribution >= 4 is 27.5 Å². The number of amides is 1. The van der Waals surface area contributed by atoms with Crippen LogP contribution < -0.4 is 5.56 Å². The molecule has 94 valence electrons. The van der Waals surface area contributed by atoms with E-state index in [1.54, 1.807) is 11.8 Å². The molecule has 3 heterocycles. The van der Waals surface area contributed by atoms with Crippen molar-refractivity contribution in [2.24, 2.45) is 0 Å². The third-order valence-corrected chi connectivity index (χ3v) is 4.26. The van der Waals surface area contributed by atoms with Gasteiger partial charge in [-0.1, -0.05) is 0 Å². The second kappa shape index (κ2) is 3.89. The zero-order valence-electron chi connectivity index (χ0n) is 9.64. The Morgan fingerprint density at radius 3 is 2.94 bits per heavy atom. The third kappa shape index (κ3) is 1.55. The number of aromatic amines is 1. The van der Waals surface area contributed by atoms with Crippen molar-refractivity contribution in [2.75, 3.05) is 13.1 Å². The Labute approximate surface area is 106 Å². The van der Waals surface area contributed by atoms with E-state index in [0.717, 1.165) is 0 Å². The van der Waals surface area contributed by atoms with Crippen LogP contribution in [0, 0.1) is 6.92 Å². The van der Waals surface area contributed by atoms with Crippen LogP contribution >= 0.6 is 11.3 Å². The number of aliphatic hydroxyl groups excluding tert-OH is 1. The summed E-state index contributed by atoms with van der Waals surface area (Å²) in [5, 5.41) is 9.69. The minimum atomic E-state index is -0.426. The van der Waals surface area contributed by atoms with E-state index in [9.17, 15) is 14.7 Å². The van der Waals surface area contributed by atoms with Gasteiger partial charge in [-0.05, 0) is 12.5 Å². The van der Waals surface area contributed by atoms with E-state index in [4.69, 9.17) is 0 Å². The lowest BCUT2D eigenvalue weighted by molar-refractivity contribution is 0.00619. The third-order valence-electron chi connectivity index (χ3n) is 3.08. The molecule has 2 aromatic rings. The van der Waals surface area contributed by atoms with Crippen LogP contribution in [0.3, 0.4) is 0 Å². The first kappa shape index (κ1) is 11.4. The standard InChI is InChI=1S/C11H11N3O3S/c1-5-7-9(16)12-4-13-10(7)18-8(5)11(17)14-2-6(15)3-14/h4,6,15H,2-3H2,1H3,(H,12,13,16). The first-order valence-corrected chi connectivity index (χ1v) is 6.33. The predicted molar refractivity (Wildman–Crippen MR) is 66.9 cm³/mol. The molecule has 6 nitrogen and oxygen atoms in total. The van der Waals surface area contributed by atoms with Gasteiger partial charge in [-0.15, -0.1) is 11.3 Å². The van der Waals surface area contributed by atoms with Crippen molar-refractivity contribution in [3.8, 4) is 0 Å². The number of fused-ring (bicyclic) bond motifs is 1. The minimum absolute atomic E-state index is 0.139. The number of aromatic nitrogens is 2. The number of carbonyl (C=O) groups excluding carboxylic acids is 1. The molecule has 0 bridgehead atoms. The number of nitrogens with zero attached hydrogens (tertiary/aromatic N) is 2. The van der Waals surface area contributed by atoms with E-state index in [1.807, 2.05) is 0 Å². The maximum Gasteiger partial charge on any atom is 0.264 e. The monoisotopic (exact) mass is 265 g/mol. The van der Waals surface area contributed by atoms with Crippen LogP contribution in [0.1, 0.15) is 15.2 Å². The molecule has 18 heavy (non-hydrogen) atoms. The largest absolute Gasteiger partial charge is 0.389 e. The van der Waals surface area contributed by atoms with Gasteiger partial charge >= 0.3 is 0 Å². The van der Waals surface area contributed by atoms with Crippen molar-refractivity contribution < 1.29 is 9.90 Å². The van der Waals surface area contributed by atoms with E-state index in [0.29, 0.717) is 33.7 Å². The number of rotatable bonds is 1. The van der Waals surface area contributed by atoms with Crippen molar-refractivity contribution in [2.45, 2.75) is 13.0 Å². The van der Waals surface area contributed by atoms with Crippen LogP contribution in [0.25, 0.3) is 10.2 Å². The normalized spacial score (nSPS) is 16.0. The molecule has 1 saturated heterocycles. The number of nitrogens with one attached hydrogen (secondary N) is 1. The second-order valence-corrected chi connectivity index (χ2v) is 5.33. The highest BCUT2D eigenvalue weighted by molar-refractivity contribution is 7.20. The summed E-state index contributed by atoms with van der Waals surface area (Å²) in [6.07, 6.45) is 0.910. The summed E-state index contributed by atoms with van der Waals surface area (Å²) < 4.78 is 0. The van der Waals surface area contributed by atoms with Gasteiger partial charge in [-0.25, -0.2) is 4.98 Å².